The van der Waals surface area contributed by atoms with E-state index in [-0.39, 0.29) is 5.91 Å². The van der Waals surface area contributed by atoms with Crippen LogP contribution in [0.2, 0.25) is 5.02 Å². The lowest BCUT2D eigenvalue weighted by Crippen LogP contribution is -2.14. The van der Waals surface area contributed by atoms with Gasteiger partial charge in [0.2, 0.25) is 0 Å². The molecular weight excluding hydrogens is 434 g/mol. The van der Waals surface area contributed by atoms with Gasteiger partial charge in [-0.1, -0.05) is 66.2 Å². The predicted octanol–water partition coefficient (Wildman–Crippen LogP) is 7.16. The van der Waals surface area contributed by atoms with Crippen LogP contribution in [0.25, 0.3) is 11.1 Å². The number of benzene rings is 4. The molecule has 166 valence electrons. The zero-order valence-corrected chi connectivity index (χ0v) is 19.2. The topological polar surface area (TPSA) is 47.6 Å². The minimum Gasteiger partial charge on any atom is -0.496 e. The summed E-state index contributed by atoms with van der Waals surface area (Å²) in [6.07, 6.45) is 0. The van der Waals surface area contributed by atoms with Crippen LogP contribution in [0.15, 0.2) is 91.0 Å². The number of hydrogen-bond donors (Lipinski definition) is 1. The molecule has 33 heavy (non-hydrogen) atoms. The molecule has 0 spiro atoms. The van der Waals surface area contributed by atoms with Gasteiger partial charge in [-0.05, 0) is 54.4 Å². The molecule has 4 aromatic carbocycles. The molecule has 0 aliphatic heterocycles. The highest BCUT2D eigenvalue weighted by Crippen LogP contribution is 2.30. The highest BCUT2D eigenvalue weighted by atomic mass is 35.5. The van der Waals surface area contributed by atoms with Crippen molar-refractivity contribution in [3.63, 3.8) is 0 Å². The number of rotatable bonds is 7. The number of para-hydroxylation sites is 1. The zero-order valence-electron chi connectivity index (χ0n) is 18.5. The molecule has 0 radical (unpaired) electrons. The van der Waals surface area contributed by atoms with Crippen LogP contribution < -0.4 is 14.8 Å². The first kappa shape index (κ1) is 22.4. The number of hydrogen-bond acceptors (Lipinski definition) is 3. The van der Waals surface area contributed by atoms with Gasteiger partial charge >= 0.3 is 0 Å². The first-order chi connectivity index (χ1) is 16.1. The van der Waals surface area contributed by atoms with Crippen LogP contribution in [0.4, 0.5) is 5.69 Å². The summed E-state index contributed by atoms with van der Waals surface area (Å²) in [6, 6.07) is 28.4. The summed E-state index contributed by atoms with van der Waals surface area (Å²) in [5.41, 5.74) is 4.73. The second-order valence-electron chi connectivity index (χ2n) is 7.54. The second kappa shape index (κ2) is 10.2. The van der Waals surface area contributed by atoms with Crippen molar-refractivity contribution in [2.75, 3.05) is 12.4 Å². The van der Waals surface area contributed by atoms with Crippen molar-refractivity contribution in [2.24, 2.45) is 0 Å². The first-order valence-corrected chi connectivity index (χ1v) is 10.9. The fourth-order valence-corrected chi connectivity index (χ4v) is 3.82. The normalized spacial score (nSPS) is 10.5. The van der Waals surface area contributed by atoms with Gasteiger partial charge in [0, 0.05) is 27.4 Å². The maximum Gasteiger partial charge on any atom is 0.256 e. The third-order valence-corrected chi connectivity index (χ3v) is 5.65. The molecule has 0 saturated heterocycles. The predicted molar refractivity (Wildman–Crippen MR) is 133 cm³/mol. The van der Waals surface area contributed by atoms with E-state index in [1.165, 1.54) is 0 Å². The van der Waals surface area contributed by atoms with Gasteiger partial charge < -0.3 is 14.8 Å². The Labute approximate surface area is 198 Å². The molecule has 0 unspecified atom stereocenters. The van der Waals surface area contributed by atoms with Crippen molar-refractivity contribution in [1.82, 2.24) is 0 Å². The van der Waals surface area contributed by atoms with Gasteiger partial charge in [0.15, 0.2) is 0 Å². The molecule has 1 amide bonds. The number of carbonyl (C=O) groups excluding carboxylic acids is 1. The maximum atomic E-state index is 13.2. The summed E-state index contributed by atoms with van der Waals surface area (Å²) in [5.74, 6) is 1.25. The Kier molecular flexibility index (Phi) is 6.96. The van der Waals surface area contributed by atoms with Gasteiger partial charge in [-0.15, -0.1) is 0 Å². The highest BCUT2D eigenvalue weighted by molar-refractivity contribution is 6.31. The summed E-state index contributed by atoms with van der Waals surface area (Å²) in [6.45, 7) is 2.28. The largest absolute Gasteiger partial charge is 0.496 e. The van der Waals surface area contributed by atoms with Gasteiger partial charge in [0.1, 0.15) is 18.1 Å². The minimum absolute atomic E-state index is 0.213. The van der Waals surface area contributed by atoms with E-state index in [0.717, 1.165) is 28.0 Å². The average Bonchev–Trinajstić information content (AvgIpc) is 2.85. The van der Waals surface area contributed by atoms with Crippen LogP contribution in [0.1, 0.15) is 21.5 Å². The molecule has 0 aromatic heterocycles. The van der Waals surface area contributed by atoms with Crippen LogP contribution >= 0.6 is 11.6 Å². The fraction of sp³-hybridized carbons (Fsp3) is 0.107. The molecule has 0 saturated carbocycles. The van der Waals surface area contributed by atoms with E-state index in [1.54, 1.807) is 19.2 Å². The van der Waals surface area contributed by atoms with Crippen molar-refractivity contribution in [3.05, 3.63) is 113 Å². The quantitative estimate of drug-likeness (QED) is 0.320. The molecule has 0 aliphatic rings. The highest BCUT2D eigenvalue weighted by Gasteiger charge is 2.16. The van der Waals surface area contributed by atoms with Crippen molar-refractivity contribution < 1.29 is 14.3 Å². The third-order valence-electron chi connectivity index (χ3n) is 5.42. The summed E-state index contributed by atoms with van der Waals surface area (Å²) >= 11 is 6.23. The SMILES string of the molecule is COc1ccccc1COc1cccc(NC(=O)c2ccc(Cl)cc2-c2ccccc2)c1C. The Balaban J connectivity index is 1.56. The third kappa shape index (κ3) is 5.18. The van der Waals surface area contributed by atoms with E-state index >= 15 is 0 Å². The average molecular weight is 458 g/mol. The lowest BCUT2D eigenvalue weighted by molar-refractivity contribution is 0.102. The molecule has 5 heteroatoms. The van der Waals surface area contributed by atoms with Gasteiger partial charge in [-0.3, -0.25) is 4.79 Å². The van der Waals surface area contributed by atoms with E-state index in [4.69, 9.17) is 21.1 Å². The number of methoxy groups -OCH3 is 1. The van der Waals surface area contributed by atoms with Gasteiger partial charge in [-0.25, -0.2) is 0 Å². The van der Waals surface area contributed by atoms with Crippen LogP contribution in [-0.4, -0.2) is 13.0 Å². The second-order valence-corrected chi connectivity index (χ2v) is 7.98. The van der Waals surface area contributed by atoms with Gasteiger partial charge in [0.25, 0.3) is 5.91 Å². The lowest BCUT2D eigenvalue weighted by Gasteiger charge is -2.16. The fourth-order valence-electron chi connectivity index (χ4n) is 3.64. The number of anilines is 1. The van der Waals surface area contributed by atoms with Crippen LogP contribution in [-0.2, 0) is 6.61 Å². The van der Waals surface area contributed by atoms with E-state index < -0.39 is 0 Å². The summed E-state index contributed by atoms with van der Waals surface area (Å²) in [5, 5.41) is 3.61. The smallest absolute Gasteiger partial charge is 0.256 e. The van der Waals surface area contributed by atoms with E-state index in [0.29, 0.717) is 28.6 Å². The number of carbonyl (C=O) groups is 1. The van der Waals surface area contributed by atoms with Crippen molar-refractivity contribution in [3.8, 4) is 22.6 Å². The number of amides is 1. The van der Waals surface area contributed by atoms with Crippen molar-refractivity contribution in [2.45, 2.75) is 13.5 Å². The van der Waals surface area contributed by atoms with E-state index in [1.807, 2.05) is 85.8 Å². The summed E-state index contributed by atoms with van der Waals surface area (Å²) < 4.78 is 11.5. The van der Waals surface area contributed by atoms with Crippen molar-refractivity contribution in [1.29, 1.82) is 0 Å². The number of ether oxygens (including phenoxy) is 2. The molecule has 1 N–H and O–H groups in total. The standard InChI is InChI=1S/C28H24ClNO3/c1-19-25(12-8-14-26(19)33-18-21-11-6-7-13-27(21)32-2)30-28(31)23-16-15-22(29)17-24(23)20-9-4-3-5-10-20/h3-17H,18H2,1-2H3,(H,30,31). The summed E-state index contributed by atoms with van der Waals surface area (Å²) in [4.78, 5) is 13.2. The van der Waals surface area contributed by atoms with Crippen molar-refractivity contribution >= 4 is 23.2 Å². The molecule has 0 bridgehead atoms. The first-order valence-electron chi connectivity index (χ1n) is 10.6. The molecule has 0 aliphatic carbocycles. The molecule has 0 heterocycles. The van der Waals surface area contributed by atoms with Crippen LogP contribution in [0, 0.1) is 6.92 Å². The van der Waals surface area contributed by atoms with E-state index in [9.17, 15) is 4.79 Å². The Bertz CT molecular complexity index is 1270. The number of halogens is 1. The Morgan fingerprint density at radius 3 is 2.39 bits per heavy atom. The minimum atomic E-state index is -0.213. The Hall–Kier alpha value is -3.76. The maximum absolute atomic E-state index is 13.2. The Morgan fingerprint density at radius 2 is 1.61 bits per heavy atom. The number of nitrogens with one attached hydrogen (secondary N) is 1. The van der Waals surface area contributed by atoms with Gasteiger partial charge in [0.05, 0.1) is 7.11 Å². The lowest BCUT2D eigenvalue weighted by atomic mass is 9.99. The van der Waals surface area contributed by atoms with Crippen LogP contribution in [0.3, 0.4) is 0 Å². The molecule has 0 atom stereocenters. The summed E-state index contributed by atoms with van der Waals surface area (Å²) in [7, 11) is 1.64. The van der Waals surface area contributed by atoms with E-state index in [2.05, 4.69) is 5.32 Å². The molecule has 4 rings (SSSR count). The molecule has 4 nitrogen and oxygen atoms in total. The molecule has 0 fully saturated rings. The monoisotopic (exact) mass is 457 g/mol. The molecule has 4 aromatic rings. The Morgan fingerprint density at radius 1 is 0.879 bits per heavy atom. The van der Waals surface area contributed by atoms with Crippen LogP contribution in [0.5, 0.6) is 11.5 Å². The van der Waals surface area contributed by atoms with Gasteiger partial charge in [-0.2, -0.15) is 0 Å². The zero-order chi connectivity index (χ0) is 23.2. The molecular formula is C28H24ClNO3.